The number of carbonyl (C=O) groups is 2. The molecule has 20 heavy (non-hydrogen) atoms. The number of hydrogen-bond donors (Lipinski definition) is 0. The van der Waals surface area contributed by atoms with Crippen LogP contribution in [0.3, 0.4) is 0 Å². The lowest BCUT2D eigenvalue weighted by Gasteiger charge is -2.27. The predicted molar refractivity (Wildman–Crippen MR) is 71.2 cm³/mol. The van der Waals surface area contributed by atoms with E-state index < -0.39 is 5.92 Å². The quantitative estimate of drug-likeness (QED) is 0.592. The van der Waals surface area contributed by atoms with Crippen molar-refractivity contribution in [3.05, 3.63) is 24.2 Å². The molecule has 0 spiro atoms. The van der Waals surface area contributed by atoms with Crippen LogP contribution in [0.25, 0.3) is 0 Å². The molecule has 0 N–H and O–H groups in total. The molecule has 1 aromatic heterocycles. The van der Waals surface area contributed by atoms with Crippen molar-refractivity contribution in [1.82, 2.24) is 9.80 Å². The zero-order valence-electron chi connectivity index (χ0n) is 11.4. The van der Waals surface area contributed by atoms with Gasteiger partial charge in [-0.1, -0.05) is 0 Å². The van der Waals surface area contributed by atoms with Gasteiger partial charge < -0.3 is 4.42 Å². The number of furan rings is 1. The molecule has 2 aliphatic rings. The highest BCUT2D eigenvalue weighted by molar-refractivity contribution is 6.06. The third-order valence-electron chi connectivity index (χ3n) is 4.50. The van der Waals surface area contributed by atoms with Gasteiger partial charge in [0.2, 0.25) is 11.8 Å². The molecule has 5 heteroatoms. The third-order valence-corrected chi connectivity index (χ3v) is 4.50. The van der Waals surface area contributed by atoms with Crippen molar-refractivity contribution in [2.24, 2.45) is 11.8 Å². The molecule has 0 aromatic carbocycles. The summed E-state index contributed by atoms with van der Waals surface area (Å²) in [6.45, 7) is 0. The molecule has 2 aliphatic heterocycles. The van der Waals surface area contributed by atoms with Gasteiger partial charge >= 0.3 is 0 Å². The van der Waals surface area contributed by atoms with Crippen LogP contribution in [-0.4, -0.2) is 41.8 Å². The molecule has 0 aliphatic carbocycles. The van der Waals surface area contributed by atoms with E-state index in [4.69, 9.17) is 10.8 Å². The summed E-state index contributed by atoms with van der Waals surface area (Å²) in [5, 5.41) is 0. The first-order valence-electron chi connectivity index (χ1n) is 6.58. The number of rotatable bonds is 2. The van der Waals surface area contributed by atoms with E-state index in [1.807, 2.05) is 18.0 Å². The van der Waals surface area contributed by atoms with E-state index in [0.717, 1.165) is 0 Å². The Hall–Kier alpha value is -2.06. The fourth-order valence-electron chi connectivity index (χ4n) is 3.54. The molecule has 2 amide bonds. The minimum atomic E-state index is -0.401. The van der Waals surface area contributed by atoms with Crippen LogP contribution in [0.2, 0.25) is 0 Å². The van der Waals surface area contributed by atoms with Gasteiger partial charge in [-0.3, -0.25) is 19.4 Å². The van der Waals surface area contributed by atoms with Crippen molar-refractivity contribution in [3.8, 4) is 12.3 Å². The summed E-state index contributed by atoms with van der Waals surface area (Å²) in [5.41, 5.74) is 0. The number of carbonyl (C=O) groups excluding carboxylic acids is 2. The highest BCUT2D eigenvalue weighted by Gasteiger charge is 2.60. The lowest BCUT2D eigenvalue weighted by atomic mass is 9.87. The van der Waals surface area contributed by atoms with Crippen molar-refractivity contribution >= 4 is 11.8 Å². The van der Waals surface area contributed by atoms with Crippen LogP contribution in [0, 0.1) is 24.2 Å². The van der Waals surface area contributed by atoms with Crippen molar-refractivity contribution < 1.29 is 14.0 Å². The largest absolute Gasteiger partial charge is 0.468 e. The molecule has 4 atom stereocenters. The lowest BCUT2D eigenvalue weighted by molar-refractivity contribution is -0.139. The van der Waals surface area contributed by atoms with E-state index in [0.29, 0.717) is 12.2 Å². The Labute approximate surface area is 117 Å². The minimum absolute atomic E-state index is 0.124. The second-order valence-corrected chi connectivity index (χ2v) is 5.39. The SMILES string of the molecule is C#CC[C@H]1[C@@H]2C(=O)N(C)C(=O)[C@@H]2[C@H](c2ccco2)N1C. The summed E-state index contributed by atoms with van der Waals surface area (Å²) >= 11 is 0. The Morgan fingerprint density at radius 2 is 2.00 bits per heavy atom. The standard InChI is InChI=1S/C15H16N2O3/c1-4-6-9-11-12(15(19)17(3)14(11)18)13(16(9)2)10-7-5-8-20-10/h1,5,7-9,11-13H,6H2,2-3H3/t9-,11-,12-,13-/m0/s1. The van der Waals surface area contributed by atoms with Crippen LogP contribution < -0.4 is 0 Å². The van der Waals surface area contributed by atoms with Crippen LogP contribution in [0.5, 0.6) is 0 Å². The van der Waals surface area contributed by atoms with Gasteiger partial charge in [-0.25, -0.2) is 0 Å². The number of imide groups is 1. The highest BCUT2D eigenvalue weighted by Crippen LogP contribution is 2.49. The summed E-state index contributed by atoms with van der Waals surface area (Å²) in [7, 11) is 3.43. The van der Waals surface area contributed by atoms with Crippen LogP contribution in [0.1, 0.15) is 18.2 Å². The Bertz CT molecular complexity index is 587. The van der Waals surface area contributed by atoms with Gasteiger partial charge in [0, 0.05) is 19.5 Å². The lowest BCUT2D eigenvalue weighted by Crippen LogP contribution is -2.38. The molecule has 5 nitrogen and oxygen atoms in total. The van der Waals surface area contributed by atoms with Crippen molar-refractivity contribution in [3.63, 3.8) is 0 Å². The third kappa shape index (κ3) is 1.55. The molecule has 0 bridgehead atoms. The Balaban J connectivity index is 2.06. The van der Waals surface area contributed by atoms with E-state index in [1.165, 1.54) is 11.9 Å². The zero-order valence-corrected chi connectivity index (χ0v) is 11.4. The molecule has 104 valence electrons. The number of nitrogens with zero attached hydrogens (tertiary/aromatic N) is 2. The van der Waals surface area contributed by atoms with Gasteiger partial charge in [0.1, 0.15) is 5.76 Å². The summed E-state index contributed by atoms with van der Waals surface area (Å²) in [4.78, 5) is 27.9. The second kappa shape index (κ2) is 4.50. The number of hydrogen-bond acceptors (Lipinski definition) is 4. The molecule has 1 aromatic rings. The summed E-state index contributed by atoms with van der Waals surface area (Å²) in [6.07, 6.45) is 7.45. The number of amides is 2. The topological polar surface area (TPSA) is 53.8 Å². The summed E-state index contributed by atoms with van der Waals surface area (Å²) in [5.74, 6) is 2.27. The van der Waals surface area contributed by atoms with Gasteiger partial charge in [0.05, 0.1) is 24.1 Å². The van der Waals surface area contributed by atoms with Crippen LogP contribution in [0.15, 0.2) is 22.8 Å². The Kier molecular flexibility index (Phi) is 2.91. The second-order valence-electron chi connectivity index (χ2n) is 5.39. The normalized spacial score (nSPS) is 33.5. The van der Waals surface area contributed by atoms with E-state index in [-0.39, 0.29) is 29.8 Å². The van der Waals surface area contributed by atoms with Crippen LogP contribution >= 0.6 is 0 Å². The maximum Gasteiger partial charge on any atom is 0.234 e. The van der Waals surface area contributed by atoms with Crippen molar-refractivity contribution in [2.45, 2.75) is 18.5 Å². The average molecular weight is 272 g/mol. The van der Waals surface area contributed by atoms with Gasteiger partial charge in [-0.05, 0) is 19.2 Å². The smallest absolute Gasteiger partial charge is 0.234 e. The first kappa shape index (κ1) is 12.9. The molecular formula is C15H16N2O3. The molecule has 0 radical (unpaired) electrons. The molecule has 0 unspecified atom stereocenters. The monoisotopic (exact) mass is 272 g/mol. The Morgan fingerprint density at radius 1 is 1.30 bits per heavy atom. The molecule has 2 saturated heterocycles. The summed E-state index contributed by atoms with van der Waals surface area (Å²) in [6, 6.07) is 3.28. The zero-order chi connectivity index (χ0) is 14.4. The van der Waals surface area contributed by atoms with Gasteiger partial charge in [0.25, 0.3) is 0 Å². The van der Waals surface area contributed by atoms with Gasteiger partial charge in [0.15, 0.2) is 0 Å². The molecule has 3 heterocycles. The average Bonchev–Trinajstić information content (AvgIpc) is 3.08. The summed E-state index contributed by atoms with van der Waals surface area (Å²) < 4.78 is 5.47. The van der Waals surface area contributed by atoms with E-state index >= 15 is 0 Å². The molecular weight excluding hydrogens is 256 g/mol. The number of terminal acetylenes is 1. The van der Waals surface area contributed by atoms with Crippen LogP contribution in [-0.2, 0) is 9.59 Å². The minimum Gasteiger partial charge on any atom is -0.468 e. The predicted octanol–water partition coefficient (Wildman–Crippen LogP) is 0.889. The molecule has 3 rings (SSSR count). The van der Waals surface area contributed by atoms with E-state index in [9.17, 15) is 9.59 Å². The van der Waals surface area contributed by atoms with Gasteiger partial charge in [-0.15, -0.1) is 12.3 Å². The Morgan fingerprint density at radius 3 is 2.60 bits per heavy atom. The van der Waals surface area contributed by atoms with E-state index in [1.54, 1.807) is 12.3 Å². The fourth-order valence-corrected chi connectivity index (χ4v) is 3.54. The highest BCUT2D eigenvalue weighted by atomic mass is 16.3. The molecule has 0 saturated carbocycles. The number of fused-ring (bicyclic) bond motifs is 1. The van der Waals surface area contributed by atoms with Gasteiger partial charge in [-0.2, -0.15) is 0 Å². The van der Waals surface area contributed by atoms with Crippen LogP contribution in [0.4, 0.5) is 0 Å². The maximum absolute atomic E-state index is 12.4. The fraction of sp³-hybridized carbons (Fsp3) is 0.467. The first-order valence-corrected chi connectivity index (χ1v) is 6.58. The maximum atomic E-state index is 12.4. The molecule has 2 fully saturated rings. The van der Waals surface area contributed by atoms with Crippen molar-refractivity contribution in [1.29, 1.82) is 0 Å². The number of likely N-dealkylation sites (tertiary alicyclic amines) is 2. The van der Waals surface area contributed by atoms with E-state index in [2.05, 4.69) is 5.92 Å². The van der Waals surface area contributed by atoms with Crippen molar-refractivity contribution in [2.75, 3.05) is 14.1 Å². The first-order chi connectivity index (χ1) is 9.57.